The first-order chi connectivity index (χ1) is 11.0. The average Bonchev–Trinajstić information content (AvgIpc) is 2.48. The molecule has 4 N–H and O–H groups in total. The first-order valence-electron chi connectivity index (χ1n) is 7.55. The smallest absolute Gasteiger partial charge is 0.544 e. The summed E-state index contributed by atoms with van der Waals surface area (Å²) >= 11 is 0. The molecule has 0 aliphatic rings. The van der Waals surface area contributed by atoms with E-state index in [1.165, 1.54) is 0 Å². The molecule has 25 heavy (non-hydrogen) atoms. The van der Waals surface area contributed by atoms with E-state index in [0.29, 0.717) is 25.7 Å². The maximum absolute atomic E-state index is 10.1. The number of allylic oxidation sites excluding steroid dienone is 2. The van der Waals surface area contributed by atoms with Crippen molar-refractivity contribution in [1.29, 1.82) is 0 Å². The second-order valence-corrected chi connectivity index (χ2v) is 5.28. The summed E-state index contributed by atoms with van der Waals surface area (Å²) in [5, 5.41) is 55.1. The number of aliphatic hydroxyl groups is 4. The summed E-state index contributed by atoms with van der Waals surface area (Å²) in [5.74, 6) is -9.05. The molecule has 0 spiro atoms. The van der Waals surface area contributed by atoms with Gasteiger partial charge in [-0.3, -0.25) is 0 Å². The maximum Gasteiger partial charge on any atom is 2.00 e. The predicted molar refractivity (Wildman–Crippen MR) is 81.7 cm³/mol. The summed E-state index contributed by atoms with van der Waals surface area (Å²) in [6.07, 6.45) is 6.68. The Labute approximate surface area is 160 Å². The number of carboxylic acids is 2. The quantitative estimate of drug-likeness (QED) is 0.128. The Hall–Kier alpha value is -1.12. The standard InChI is InChI=1S/2C8H14O4.Zn/c2*1-2-3-4-5-6-8(11,12)7(9)10;/h2*2,11-12H,1,3-6H2,(H,9,10);/q;;+2/p-2. The number of hydrogen-bond acceptors (Lipinski definition) is 8. The molecule has 0 aliphatic carbocycles. The van der Waals surface area contributed by atoms with E-state index in [-0.39, 0.29) is 32.3 Å². The second kappa shape index (κ2) is 15.2. The SMILES string of the molecule is C=CCCCCC(O)(O)C(=O)[O-].C=CCCCCC(O)(O)C(=O)[O-].[Zn+2]. The zero-order valence-electron chi connectivity index (χ0n) is 14.4. The molecular weight excluding hydrogens is 386 g/mol. The molecule has 0 radical (unpaired) electrons. The maximum atomic E-state index is 10.1. The Morgan fingerprint density at radius 1 is 0.760 bits per heavy atom. The molecular formula is C16H26O8Zn. The number of unbranched alkanes of at least 4 members (excludes halogenated alkanes) is 4. The summed E-state index contributed by atoms with van der Waals surface area (Å²) in [6, 6.07) is 0. The van der Waals surface area contributed by atoms with Gasteiger partial charge in [0.1, 0.15) is 11.9 Å². The molecule has 0 amide bonds. The van der Waals surface area contributed by atoms with Crippen LogP contribution < -0.4 is 10.2 Å². The largest absolute Gasteiger partial charge is 2.00 e. The van der Waals surface area contributed by atoms with Gasteiger partial charge in [0.05, 0.1) is 0 Å². The Morgan fingerprint density at radius 3 is 1.24 bits per heavy atom. The number of aliphatic carboxylic acids is 2. The molecule has 0 aromatic heterocycles. The van der Waals surface area contributed by atoms with Gasteiger partial charge < -0.3 is 40.2 Å². The van der Waals surface area contributed by atoms with Gasteiger partial charge in [-0.05, 0) is 38.5 Å². The molecule has 0 bridgehead atoms. The van der Waals surface area contributed by atoms with E-state index in [2.05, 4.69) is 13.2 Å². The van der Waals surface area contributed by atoms with Gasteiger partial charge in [0.25, 0.3) is 0 Å². The number of carboxylic acid groups (broad SMARTS) is 2. The van der Waals surface area contributed by atoms with Crippen LogP contribution in [0.3, 0.4) is 0 Å². The van der Waals surface area contributed by atoms with Crippen LogP contribution in [0.4, 0.5) is 0 Å². The van der Waals surface area contributed by atoms with Crippen molar-refractivity contribution in [3.05, 3.63) is 25.3 Å². The van der Waals surface area contributed by atoms with Crippen molar-refractivity contribution in [3.63, 3.8) is 0 Å². The molecule has 8 nitrogen and oxygen atoms in total. The van der Waals surface area contributed by atoms with Crippen molar-refractivity contribution in [1.82, 2.24) is 0 Å². The van der Waals surface area contributed by atoms with Crippen LogP contribution in [0.1, 0.15) is 51.4 Å². The third kappa shape index (κ3) is 16.1. The van der Waals surface area contributed by atoms with Crippen LogP contribution in [0.15, 0.2) is 25.3 Å². The summed E-state index contributed by atoms with van der Waals surface area (Å²) in [5.41, 5.74) is 0. The van der Waals surface area contributed by atoms with Crippen LogP contribution >= 0.6 is 0 Å². The molecule has 0 heterocycles. The van der Waals surface area contributed by atoms with Crippen molar-refractivity contribution < 1.29 is 59.7 Å². The molecule has 0 saturated carbocycles. The predicted octanol–water partition coefficient (Wildman–Crippen LogP) is -1.68. The minimum Gasteiger partial charge on any atom is -0.544 e. The number of hydrogen-bond donors (Lipinski definition) is 4. The summed E-state index contributed by atoms with van der Waals surface area (Å²) in [4.78, 5) is 20.1. The van der Waals surface area contributed by atoms with Gasteiger partial charge in [-0.2, -0.15) is 0 Å². The van der Waals surface area contributed by atoms with Gasteiger partial charge in [-0.25, -0.2) is 0 Å². The molecule has 0 fully saturated rings. The fourth-order valence-electron chi connectivity index (χ4n) is 1.52. The molecule has 140 valence electrons. The van der Waals surface area contributed by atoms with E-state index in [1.807, 2.05) is 0 Å². The Bertz CT molecular complexity index is 369. The van der Waals surface area contributed by atoms with Crippen molar-refractivity contribution in [2.24, 2.45) is 0 Å². The van der Waals surface area contributed by atoms with Crippen molar-refractivity contribution >= 4 is 11.9 Å². The molecule has 0 saturated heterocycles. The van der Waals surface area contributed by atoms with Crippen molar-refractivity contribution in [2.45, 2.75) is 62.9 Å². The van der Waals surface area contributed by atoms with E-state index < -0.39 is 23.5 Å². The van der Waals surface area contributed by atoms with Crippen molar-refractivity contribution in [2.75, 3.05) is 0 Å². The van der Waals surface area contributed by atoms with Crippen molar-refractivity contribution in [3.8, 4) is 0 Å². The third-order valence-electron chi connectivity index (χ3n) is 3.02. The van der Waals surface area contributed by atoms with Gasteiger partial charge >= 0.3 is 19.5 Å². The molecule has 9 heteroatoms. The van der Waals surface area contributed by atoms with E-state index >= 15 is 0 Å². The number of carbonyl (C=O) groups is 2. The molecule has 0 aliphatic heterocycles. The van der Waals surface area contributed by atoms with Gasteiger partial charge in [-0.15, -0.1) is 13.2 Å². The monoisotopic (exact) mass is 410 g/mol. The number of carbonyl (C=O) groups excluding carboxylic acids is 2. The summed E-state index contributed by atoms with van der Waals surface area (Å²) in [6.45, 7) is 6.95. The molecule has 0 aromatic rings. The summed E-state index contributed by atoms with van der Waals surface area (Å²) < 4.78 is 0. The van der Waals surface area contributed by atoms with Crippen LogP contribution in [0, 0.1) is 0 Å². The minimum atomic E-state index is -2.68. The topological polar surface area (TPSA) is 161 Å². The average molecular weight is 412 g/mol. The van der Waals surface area contributed by atoms with Gasteiger partial charge in [0.15, 0.2) is 0 Å². The van der Waals surface area contributed by atoms with Crippen LogP contribution in [0.2, 0.25) is 0 Å². The van der Waals surface area contributed by atoms with Crippen LogP contribution in [0.5, 0.6) is 0 Å². The minimum absolute atomic E-state index is 0. The Balaban J connectivity index is -0.000000372. The van der Waals surface area contributed by atoms with Crippen LogP contribution in [0.25, 0.3) is 0 Å². The van der Waals surface area contributed by atoms with E-state index in [0.717, 1.165) is 12.8 Å². The Kier molecular flexibility index (Phi) is 17.4. The first-order valence-corrected chi connectivity index (χ1v) is 7.55. The Morgan fingerprint density at radius 2 is 1.04 bits per heavy atom. The fraction of sp³-hybridized carbons (Fsp3) is 0.625. The van der Waals surface area contributed by atoms with Gasteiger partial charge in [-0.1, -0.05) is 12.2 Å². The number of rotatable bonds is 12. The molecule has 0 aromatic carbocycles. The van der Waals surface area contributed by atoms with E-state index in [1.54, 1.807) is 12.2 Å². The molecule has 0 atom stereocenters. The van der Waals surface area contributed by atoms with E-state index in [4.69, 9.17) is 20.4 Å². The third-order valence-corrected chi connectivity index (χ3v) is 3.02. The second-order valence-electron chi connectivity index (χ2n) is 5.28. The van der Waals surface area contributed by atoms with E-state index in [9.17, 15) is 19.8 Å². The summed E-state index contributed by atoms with van der Waals surface area (Å²) in [7, 11) is 0. The van der Waals surface area contributed by atoms with Gasteiger partial charge in [0.2, 0.25) is 11.6 Å². The zero-order valence-corrected chi connectivity index (χ0v) is 17.3. The van der Waals surface area contributed by atoms with Crippen LogP contribution in [-0.2, 0) is 29.1 Å². The van der Waals surface area contributed by atoms with Crippen LogP contribution in [-0.4, -0.2) is 43.9 Å². The normalized spacial score (nSPS) is 10.7. The fourth-order valence-corrected chi connectivity index (χ4v) is 1.52. The molecule has 0 rings (SSSR count). The zero-order chi connectivity index (χ0) is 19.2. The first kappa shape index (κ1) is 28.7. The van der Waals surface area contributed by atoms with Gasteiger partial charge in [0, 0.05) is 12.8 Å². The molecule has 0 unspecified atom stereocenters.